The number of benzene rings is 1. The van der Waals surface area contributed by atoms with Crippen LogP contribution < -0.4 is 5.32 Å². The van der Waals surface area contributed by atoms with Crippen molar-refractivity contribution in [3.05, 3.63) is 41.0 Å². The molecule has 1 aliphatic rings. The average Bonchev–Trinajstić information content (AvgIpc) is 3.27. The Morgan fingerprint density at radius 2 is 2.10 bits per heavy atom. The van der Waals surface area contributed by atoms with Crippen molar-refractivity contribution >= 4 is 49.9 Å². The normalized spacial score (nSPS) is 13.9. The number of aryl methyl sites for hydroxylation is 2. The molecule has 0 saturated heterocycles. The number of azo groups is 1. The largest absolute Gasteiger partial charge is 0.493 e. The number of carbonyl (C=O) groups excluding carboxylic acids is 1. The predicted octanol–water partition coefficient (Wildman–Crippen LogP) is 4.48. The van der Waals surface area contributed by atoms with E-state index in [4.69, 9.17) is 0 Å². The molecule has 146 valence electrons. The molecular weight excluding hydrogens is 388 g/mol. The fourth-order valence-corrected chi connectivity index (χ4v) is 4.97. The van der Waals surface area contributed by atoms with Crippen molar-refractivity contribution in [2.45, 2.75) is 25.7 Å². The van der Waals surface area contributed by atoms with Crippen LogP contribution in [-0.4, -0.2) is 32.5 Å². The Bertz CT molecular complexity index is 1260. The van der Waals surface area contributed by atoms with Gasteiger partial charge in [-0.3, -0.25) is 4.79 Å². The first-order valence-corrected chi connectivity index (χ1v) is 10.3. The molecule has 0 spiro atoms. The van der Waals surface area contributed by atoms with E-state index in [2.05, 4.69) is 30.5 Å². The molecule has 0 unspecified atom stereocenters. The number of fused-ring (bicyclic) bond motifs is 4. The number of nitrogens with zero attached hydrogens (tertiary/aromatic N) is 4. The number of anilines is 1. The summed E-state index contributed by atoms with van der Waals surface area (Å²) in [5, 5.41) is 22.5. The standard InChI is InChI=1S/C20H18N6O2S/c27-15(25-26-17-11-5-1-3-7-13(11)24-19(17)28)9-21-18-16-12-6-2-4-8-14(12)29-20(16)23-10-22-18/h1,3,5,7,10,24,28H,2,4,6,8-9H2,(H,21,22,23). The van der Waals surface area contributed by atoms with Gasteiger partial charge in [0.25, 0.3) is 5.91 Å². The highest BCUT2D eigenvalue weighted by Crippen LogP contribution is 2.38. The molecule has 9 heteroatoms. The van der Waals surface area contributed by atoms with Crippen molar-refractivity contribution in [2.75, 3.05) is 11.9 Å². The Morgan fingerprint density at radius 1 is 1.24 bits per heavy atom. The van der Waals surface area contributed by atoms with Crippen LogP contribution in [0.5, 0.6) is 5.88 Å². The van der Waals surface area contributed by atoms with Crippen LogP contribution in [0, 0.1) is 0 Å². The summed E-state index contributed by atoms with van der Waals surface area (Å²) in [5.74, 6) is 0.0940. The fourth-order valence-electron chi connectivity index (χ4n) is 3.74. The third-order valence-corrected chi connectivity index (χ3v) is 6.28. The number of thiophene rings is 1. The molecule has 29 heavy (non-hydrogen) atoms. The summed E-state index contributed by atoms with van der Waals surface area (Å²) in [6, 6.07) is 7.30. The number of rotatable bonds is 4. The maximum absolute atomic E-state index is 12.3. The molecule has 1 aromatic carbocycles. The Labute approximate surface area is 169 Å². The molecule has 4 aromatic rings. The number of nitrogens with one attached hydrogen (secondary N) is 2. The Balaban J connectivity index is 1.35. The van der Waals surface area contributed by atoms with Crippen LogP contribution in [0.4, 0.5) is 11.5 Å². The number of aromatic hydroxyl groups is 1. The van der Waals surface area contributed by atoms with Gasteiger partial charge in [0.2, 0.25) is 5.88 Å². The number of aromatic nitrogens is 3. The summed E-state index contributed by atoms with van der Waals surface area (Å²) < 4.78 is 0. The lowest BCUT2D eigenvalue weighted by Crippen LogP contribution is -2.12. The zero-order chi connectivity index (χ0) is 19.8. The van der Waals surface area contributed by atoms with Crippen molar-refractivity contribution in [1.82, 2.24) is 15.0 Å². The van der Waals surface area contributed by atoms with Crippen LogP contribution in [-0.2, 0) is 17.6 Å². The van der Waals surface area contributed by atoms with Crippen LogP contribution in [0.1, 0.15) is 23.3 Å². The van der Waals surface area contributed by atoms with Crippen LogP contribution in [0.2, 0.25) is 0 Å². The van der Waals surface area contributed by atoms with E-state index in [0.29, 0.717) is 11.2 Å². The van der Waals surface area contributed by atoms with Crippen LogP contribution in [0.15, 0.2) is 40.8 Å². The minimum atomic E-state index is -0.453. The highest BCUT2D eigenvalue weighted by atomic mass is 32.1. The molecule has 0 radical (unpaired) electrons. The lowest BCUT2D eigenvalue weighted by molar-refractivity contribution is -0.116. The lowest BCUT2D eigenvalue weighted by atomic mass is 9.97. The molecule has 3 N–H and O–H groups in total. The van der Waals surface area contributed by atoms with Gasteiger partial charge in [0.05, 0.1) is 17.4 Å². The fraction of sp³-hybridized carbons (Fsp3) is 0.250. The van der Waals surface area contributed by atoms with Gasteiger partial charge in [-0.1, -0.05) is 18.2 Å². The molecule has 0 aliphatic heterocycles. The Kier molecular flexibility index (Phi) is 4.44. The van der Waals surface area contributed by atoms with Crippen molar-refractivity contribution in [1.29, 1.82) is 0 Å². The van der Waals surface area contributed by atoms with E-state index in [0.717, 1.165) is 35.0 Å². The lowest BCUT2D eigenvalue weighted by Gasteiger charge is -2.11. The second-order valence-corrected chi connectivity index (χ2v) is 8.01. The van der Waals surface area contributed by atoms with Gasteiger partial charge in [-0.15, -0.1) is 21.6 Å². The summed E-state index contributed by atoms with van der Waals surface area (Å²) >= 11 is 1.71. The second kappa shape index (κ2) is 7.25. The smallest absolute Gasteiger partial charge is 0.283 e. The molecule has 3 aromatic heterocycles. The van der Waals surface area contributed by atoms with Crippen molar-refractivity contribution in [3.8, 4) is 5.88 Å². The van der Waals surface area contributed by atoms with Gasteiger partial charge in [0, 0.05) is 10.3 Å². The van der Waals surface area contributed by atoms with Gasteiger partial charge in [-0.2, -0.15) is 0 Å². The minimum Gasteiger partial charge on any atom is -0.493 e. The summed E-state index contributed by atoms with van der Waals surface area (Å²) in [7, 11) is 0. The number of para-hydroxylation sites is 1. The number of H-pyrrole nitrogens is 1. The summed E-state index contributed by atoms with van der Waals surface area (Å²) in [6.07, 6.45) is 5.98. The van der Waals surface area contributed by atoms with Gasteiger partial charge >= 0.3 is 0 Å². The maximum Gasteiger partial charge on any atom is 0.283 e. The third kappa shape index (κ3) is 3.23. The predicted molar refractivity (Wildman–Crippen MR) is 112 cm³/mol. The Morgan fingerprint density at radius 3 is 3.03 bits per heavy atom. The van der Waals surface area contributed by atoms with Gasteiger partial charge < -0.3 is 15.4 Å². The molecule has 0 bridgehead atoms. The van der Waals surface area contributed by atoms with Gasteiger partial charge in [-0.05, 0) is 37.3 Å². The zero-order valence-corrected chi connectivity index (χ0v) is 16.3. The molecule has 0 fully saturated rings. The third-order valence-electron chi connectivity index (χ3n) is 5.08. The van der Waals surface area contributed by atoms with Crippen molar-refractivity contribution in [3.63, 3.8) is 0 Å². The van der Waals surface area contributed by atoms with E-state index >= 15 is 0 Å². The number of hydrogen-bond acceptors (Lipinski definition) is 7. The van der Waals surface area contributed by atoms with E-state index in [-0.39, 0.29) is 18.1 Å². The monoisotopic (exact) mass is 406 g/mol. The van der Waals surface area contributed by atoms with Crippen LogP contribution in [0.25, 0.3) is 21.1 Å². The quantitative estimate of drug-likeness (QED) is 0.432. The molecule has 1 aliphatic carbocycles. The first-order valence-electron chi connectivity index (χ1n) is 9.44. The van der Waals surface area contributed by atoms with Gasteiger partial charge in [-0.25, -0.2) is 9.97 Å². The first kappa shape index (κ1) is 17.7. The molecule has 0 saturated carbocycles. The zero-order valence-electron chi connectivity index (χ0n) is 15.5. The average molecular weight is 406 g/mol. The van der Waals surface area contributed by atoms with Crippen LogP contribution in [0.3, 0.4) is 0 Å². The SMILES string of the molecule is O=C(CNc1ncnc2sc3c(c12)CCCC3)N=Nc1c(O)[nH]c2ccccc12. The second-order valence-electron chi connectivity index (χ2n) is 6.93. The molecule has 3 heterocycles. The van der Waals surface area contributed by atoms with E-state index in [1.54, 1.807) is 17.4 Å². The van der Waals surface area contributed by atoms with E-state index < -0.39 is 5.91 Å². The highest BCUT2D eigenvalue weighted by Gasteiger charge is 2.20. The molecular formula is C20H18N6O2S. The first-order chi connectivity index (χ1) is 14.2. The number of hydrogen-bond donors (Lipinski definition) is 3. The summed E-state index contributed by atoms with van der Waals surface area (Å²) in [5.41, 5.74) is 2.29. The highest BCUT2D eigenvalue weighted by molar-refractivity contribution is 7.19. The number of carbonyl (C=O) groups is 1. The van der Waals surface area contributed by atoms with E-state index in [9.17, 15) is 9.90 Å². The molecule has 5 rings (SSSR count). The summed E-state index contributed by atoms with van der Waals surface area (Å²) in [6.45, 7) is -0.0383. The van der Waals surface area contributed by atoms with Crippen LogP contribution >= 0.6 is 11.3 Å². The summed E-state index contributed by atoms with van der Waals surface area (Å²) in [4.78, 5) is 26.1. The molecule has 0 atom stereocenters. The van der Waals surface area contributed by atoms with Gasteiger partial charge in [0.15, 0.2) is 5.69 Å². The van der Waals surface area contributed by atoms with Gasteiger partial charge in [0.1, 0.15) is 17.0 Å². The molecule has 1 amide bonds. The Hall–Kier alpha value is -3.33. The maximum atomic E-state index is 12.3. The number of amides is 1. The van der Waals surface area contributed by atoms with E-state index in [1.165, 1.54) is 23.2 Å². The van der Waals surface area contributed by atoms with Crippen molar-refractivity contribution < 1.29 is 9.90 Å². The number of aromatic amines is 1. The minimum absolute atomic E-state index is 0.0383. The topological polar surface area (TPSA) is 116 Å². The molecule has 8 nitrogen and oxygen atoms in total. The van der Waals surface area contributed by atoms with Crippen molar-refractivity contribution in [2.24, 2.45) is 10.2 Å². The van der Waals surface area contributed by atoms with E-state index in [1.807, 2.05) is 18.2 Å².